The molecule has 2 aromatic rings. The molecule has 3 heterocycles. The molecular formula is C24H33N5O4. The zero-order chi connectivity index (χ0) is 23.7. The summed E-state index contributed by atoms with van der Waals surface area (Å²) >= 11 is 0. The smallest absolute Gasteiger partial charge is 0.330 e. The summed E-state index contributed by atoms with van der Waals surface area (Å²) in [6, 6.07) is 1.72. The van der Waals surface area contributed by atoms with Gasteiger partial charge in [-0.1, -0.05) is 20.8 Å². The molecule has 0 aromatic carbocycles. The Balaban J connectivity index is 1.76. The maximum Gasteiger partial charge on any atom is 0.330 e. The van der Waals surface area contributed by atoms with Crippen LogP contribution in [0.3, 0.4) is 0 Å². The number of likely N-dealkylation sites (tertiary alicyclic amines) is 1. The number of nitrogens with one attached hydrogen (secondary N) is 2. The molecule has 2 aliphatic rings. The molecule has 9 heteroatoms. The van der Waals surface area contributed by atoms with Gasteiger partial charge >= 0.3 is 5.69 Å². The SMILES string of the molecule is CCCNC(=O)C1CCCN(C(=O)c2cc(C3CC3)nc3c2c(=O)[nH]c(=O)n3CC(C)C)C1. The highest BCUT2D eigenvalue weighted by Gasteiger charge is 2.33. The van der Waals surface area contributed by atoms with Gasteiger partial charge in [0.15, 0.2) is 5.65 Å². The molecule has 1 atom stereocenters. The normalized spacial score (nSPS) is 18.7. The summed E-state index contributed by atoms with van der Waals surface area (Å²) in [5.74, 6) is -0.167. The number of aromatic amines is 1. The van der Waals surface area contributed by atoms with Crippen molar-refractivity contribution in [2.75, 3.05) is 19.6 Å². The van der Waals surface area contributed by atoms with Gasteiger partial charge in [0, 0.05) is 37.8 Å². The second-order valence-electron chi connectivity index (χ2n) is 9.71. The number of hydrogen-bond donors (Lipinski definition) is 2. The molecule has 4 rings (SSSR count). The number of carbonyl (C=O) groups is 2. The molecule has 1 aliphatic carbocycles. The number of piperidine rings is 1. The molecule has 33 heavy (non-hydrogen) atoms. The van der Waals surface area contributed by atoms with E-state index in [0.29, 0.717) is 26.2 Å². The Morgan fingerprint density at radius 3 is 2.67 bits per heavy atom. The molecule has 0 spiro atoms. The second-order valence-corrected chi connectivity index (χ2v) is 9.71. The van der Waals surface area contributed by atoms with E-state index in [1.54, 1.807) is 11.0 Å². The fourth-order valence-corrected chi connectivity index (χ4v) is 4.52. The minimum absolute atomic E-state index is 0.0313. The van der Waals surface area contributed by atoms with Crippen molar-refractivity contribution in [1.29, 1.82) is 0 Å². The number of pyridine rings is 1. The molecule has 2 fully saturated rings. The van der Waals surface area contributed by atoms with E-state index in [-0.39, 0.29) is 46.2 Å². The number of H-pyrrole nitrogens is 1. The Morgan fingerprint density at radius 1 is 1.24 bits per heavy atom. The molecule has 1 saturated carbocycles. The van der Waals surface area contributed by atoms with Crippen molar-refractivity contribution in [3.05, 3.63) is 38.2 Å². The van der Waals surface area contributed by atoms with Crippen LogP contribution in [0.2, 0.25) is 0 Å². The number of fused-ring (bicyclic) bond motifs is 1. The second kappa shape index (κ2) is 9.49. The average Bonchev–Trinajstić information content (AvgIpc) is 3.64. The third-order valence-electron chi connectivity index (χ3n) is 6.37. The van der Waals surface area contributed by atoms with Crippen LogP contribution in [0.25, 0.3) is 11.0 Å². The maximum atomic E-state index is 13.7. The number of amides is 2. The van der Waals surface area contributed by atoms with Crippen molar-refractivity contribution < 1.29 is 9.59 Å². The van der Waals surface area contributed by atoms with Gasteiger partial charge < -0.3 is 10.2 Å². The molecule has 1 unspecified atom stereocenters. The summed E-state index contributed by atoms with van der Waals surface area (Å²) in [6.45, 7) is 7.83. The van der Waals surface area contributed by atoms with Gasteiger partial charge in [0.25, 0.3) is 11.5 Å². The molecule has 1 saturated heterocycles. The van der Waals surface area contributed by atoms with Crippen LogP contribution < -0.4 is 16.6 Å². The molecule has 178 valence electrons. The summed E-state index contributed by atoms with van der Waals surface area (Å²) in [4.78, 5) is 60.4. The fraction of sp³-hybridized carbons (Fsp3) is 0.625. The van der Waals surface area contributed by atoms with E-state index < -0.39 is 11.2 Å². The highest BCUT2D eigenvalue weighted by atomic mass is 16.2. The lowest BCUT2D eigenvalue weighted by atomic mass is 9.96. The van der Waals surface area contributed by atoms with E-state index in [1.165, 1.54) is 4.57 Å². The summed E-state index contributed by atoms with van der Waals surface area (Å²) in [6.07, 6.45) is 4.27. The van der Waals surface area contributed by atoms with E-state index >= 15 is 0 Å². The van der Waals surface area contributed by atoms with Crippen molar-refractivity contribution in [2.45, 2.75) is 65.3 Å². The Labute approximate surface area is 192 Å². The van der Waals surface area contributed by atoms with Gasteiger partial charge in [0.1, 0.15) is 0 Å². The zero-order valence-corrected chi connectivity index (χ0v) is 19.6. The average molecular weight is 456 g/mol. The lowest BCUT2D eigenvalue weighted by Crippen LogP contribution is -2.46. The van der Waals surface area contributed by atoms with Crippen LogP contribution in [0.4, 0.5) is 0 Å². The summed E-state index contributed by atoms with van der Waals surface area (Å²) in [5, 5.41) is 3.08. The number of aromatic nitrogens is 3. The summed E-state index contributed by atoms with van der Waals surface area (Å²) in [7, 11) is 0. The summed E-state index contributed by atoms with van der Waals surface area (Å²) in [5.41, 5.74) is 0.199. The first-order valence-corrected chi connectivity index (χ1v) is 12.0. The highest BCUT2D eigenvalue weighted by Crippen LogP contribution is 2.40. The van der Waals surface area contributed by atoms with Crippen LogP contribution in [-0.2, 0) is 11.3 Å². The van der Waals surface area contributed by atoms with Crippen LogP contribution in [-0.4, -0.2) is 50.9 Å². The predicted molar refractivity (Wildman–Crippen MR) is 125 cm³/mol. The Kier molecular flexibility index (Phi) is 6.67. The fourth-order valence-electron chi connectivity index (χ4n) is 4.52. The molecular weight excluding hydrogens is 422 g/mol. The third kappa shape index (κ3) is 4.86. The van der Waals surface area contributed by atoms with Gasteiger partial charge in [-0.2, -0.15) is 0 Å². The maximum absolute atomic E-state index is 13.7. The van der Waals surface area contributed by atoms with Crippen LogP contribution >= 0.6 is 0 Å². The van der Waals surface area contributed by atoms with Gasteiger partial charge in [-0.05, 0) is 44.1 Å². The molecule has 0 radical (unpaired) electrons. The number of rotatable bonds is 7. The predicted octanol–water partition coefficient (Wildman–Crippen LogP) is 2.00. The summed E-state index contributed by atoms with van der Waals surface area (Å²) < 4.78 is 1.47. The Morgan fingerprint density at radius 2 is 2.00 bits per heavy atom. The van der Waals surface area contributed by atoms with Crippen molar-refractivity contribution in [1.82, 2.24) is 24.8 Å². The first-order valence-electron chi connectivity index (χ1n) is 12.0. The Bertz CT molecular complexity index is 1180. The molecule has 2 aromatic heterocycles. The highest BCUT2D eigenvalue weighted by molar-refractivity contribution is 6.05. The van der Waals surface area contributed by atoms with Crippen LogP contribution in [0.1, 0.15) is 74.8 Å². The van der Waals surface area contributed by atoms with E-state index in [0.717, 1.165) is 37.8 Å². The largest absolute Gasteiger partial charge is 0.356 e. The van der Waals surface area contributed by atoms with Gasteiger partial charge in [0.05, 0.1) is 16.9 Å². The molecule has 2 amide bonds. The molecule has 9 nitrogen and oxygen atoms in total. The topological polar surface area (TPSA) is 117 Å². The minimum atomic E-state index is -0.595. The standard InChI is InChI=1S/C24H33N5O4/c1-4-9-25-21(30)16-6-5-10-28(13-16)23(32)17-11-18(15-7-8-15)26-20-19(17)22(31)27-24(33)29(20)12-14(2)3/h11,14-16H,4-10,12-13H2,1-3H3,(H,25,30)(H,27,31,33). The van der Waals surface area contributed by atoms with Crippen LogP contribution in [0.15, 0.2) is 15.7 Å². The lowest BCUT2D eigenvalue weighted by molar-refractivity contribution is -0.126. The van der Waals surface area contributed by atoms with Crippen molar-refractivity contribution in [2.24, 2.45) is 11.8 Å². The third-order valence-corrected chi connectivity index (χ3v) is 6.37. The van der Waals surface area contributed by atoms with E-state index in [9.17, 15) is 19.2 Å². The van der Waals surface area contributed by atoms with Crippen LogP contribution in [0.5, 0.6) is 0 Å². The van der Waals surface area contributed by atoms with E-state index in [1.807, 2.05) is 20.8 Å². The van der Waals surface area contributed by atoms with Gasteiger partial charge in [-0.3, -0.25) is 23.9 Å². The number of carbonyl (C=O) groups excluding carboxylic acids is 2. The number of nitrogens with zero attached hydrogens (tertiary/aromatic N) is 3. The first-order chi connectivity index (χ1) is 15.8. The van der Waals surface area contributed by atoms with Crippen molar-refractivity contribution in [3.8, 4) is 0 Å². The van der Waals surface area contributed by atoms with E-state index in [4.69, 9.17) is 0 Å². The van der Waals surface area contributed by atoms with Crippen molar-refractivity contribution >= 4 is 22.8 Å². The van der Waals surface area contributed by atoms with Crippen LogP contribution in [0, 0.1) is 11.8 Å². The van der Waals surface area contributed by atoms with Gasteiger partial charge in [-0.15, -0.1) is 0 Å². The monoisotopic (exact) mass is 455 g/mol. The molecule has 1 aliphatic heterocycles. The Hall–Kier alpha value is -2.97. The number of hydrogen-bond acceptors (Lipinski definition) is 5. The van der Waals surface area contributed by atoms with Crippen molar-refractivity contribution in [3.63, 3.8) is 0 Å². The minimum Gasteiger partial charge on any atom is -0.356 e. The zero-order valence-electron chi connectivity index (χ0n) is 19.6. The quantitative estimate of drug-likeness (QED) is 0.662. The van der Waals surface area contributed by atoms with Gasteiger partial charge in [0.2, 0.25) is 5.91 Å². The van der Waals surface area contributed by atoms with E-state index in [2.05, 4.69) is 15.3 Å². The lowest BCUT2D eigenvalue weighted by Gasteiger charge is -2.32. The molecule has 0 bridgehead atoms. The molecule has 2 N–H and O–H groups in total. The van der Waals surface area contributed by atoms with Gasteiger partial charge in [-0.25, -0.2) is 9.78 Å². The first kappa shape index (κ1) is 23.2.